The molecule has 1 saturated heterocycles. The van der Waals surface area contributed by atoms with Gasteiger partial charge in [0.1, 0.15) is 0 Å². The molecular weight excluding hydrogens is 328 g/mol. The highest BCUT2D eigenvalue weighted by Crippen LogP contribution is 2.26. The van der Waals surface area contributed by atoms with Gasteiger partial charge in [0, 0.05) is 19.3 Å². The van der Waals surface area contributed by atoms with E-state index in [4.69, 9.17) is 16.3 Å². The van der Waals surface area contributed by atoms with E-state index in [-0.39, 0.29) is 18.1 Å². The molecule has 1 aromatic heterocycles. The number of likely N-dealkylation sites (tertiary alicyclic amines) is 1. The fourth-order valence-electron chi connectivity index (χ4n) is 3.40. The number of hydrogen-bond donors (Lipinski definition) is 1. The van der Waals surface area contributed by atoms with E-state index in [1.165, 1.54) is 0 Å². The molecule has 2 aromatic rings. The van der Waals surface area contributed by atoms with Gasteiger partial charge in [0.25, 0.3) is 0 Å². The first-order chi connectivity index (χ1) is 11.7. The van der Waals surface area contributed by atoms with Crippen LogP contribution in [0.3, 0.4) is 0 Å². The molecule has 1 fully saturated rings. The minimum Gasteiger partial charge on any atom is -0.374 e. The molecule has 2 aliphatic rings. The maximum Gasteiger partial charge on any atom is 0.318 e. The SMILES string of the molecule is O=C(NC1COCc2ccccc21)N1CCC(n2cc(Cl)cn2)C1. The molecule has 2 unspecified atom stereocenters. The molecule has 2 amide bonds. The smallest absolute Gasteiger partial charge is 0.318 e. The molecule has 7 heteroatoms. The van der Waals surface area contributed by atoms with Gasteiger partial charge in [0.05, 0.1) is 36.5 Å². The highest BCUT2D eigenvalue weighted by molar-refractivity contribution is 6.30. The number of nitrogens with zero attached hydrogens (tertiary/aromatic N) is 3. The van der Waals surface area contributed by atoms with Crippen molar-refractivity contribution in [3.8, 4) is 0 Å². The molecule has 126 valence electrons. The zero-order valence-corrected chi connectivity index (χ0v) is 13.9. The van der Waals surface area contributed by atoms with Crippen LogP contribution in [-0.2, 0) is 11.3 Å². The zero-order valence-electron chi connectivity index (χ0n) is 13.2. The van der Waals surface area contributed by atoms with Crippen LogP contribution in [0.1, 0.15) is 29.6 Å². The molecule has 3 heterocycles. The Bertz CT molecular complexity index is 748. The molecule has 6 nitrogen and oxygen atoms in total. The van der Waals surface area contributed by atoms with E-state index in [9.17, 15) is 4.79 Å². The quantitative estimate of drug-likeness (QED) is 0.909. The number of rotatable bonds is 2. The Morgan fingerprint density at radius 2 is 2.25 bits per heavy atom. The summed E-state index contributed by atoms with van der Waals surface area (Å²) >= 11 is 5.92. The molecule has 24 heavy (non-hydrogen) atoms. The molecule has 0 bridgehead atoms. The van der Waals surface area contributed by atoms with Crippen molar-refractivity contribution in [2.45, 2.75) is 25.1 Å². The third kappa shape index (κ3) is 2.99. The maximum absolute atomic E-state index is 12.6. The first kappa shape index (κ1) is 15.5. The number of aromatic nitrogens is 2. The fraction of sp³-hybridized carbons (Fsp3) is 0.412. The molecule has 0 aliphatic carbocycles. The third-order valence-electron chi connectivity index (χ3n) is 4.67. The molecule has 0 saturated carbocycles. The Morgan fingerprint density at radius 3 is 3.08 bits per heavy atom. The molecule has 2 atom stereocenters. The standard InChI is InChI=1S/C17H19ClN4O2/c18-13-7-19-22(8-13)14-5-6-21(9-14)17(23)20-16-11-24-10-12-3-1-2-4-15(12)16/h1-4,7-8,14,16H,5-6,9-11H2,(H,20,23). The normalized spacial score (nSPS) is 23.1. The van der Waals surface area contributed by atoms with Crippen molar-refractivity contribution in [2.75, 3.05) is 19.7 Å². The van der Waals surface area contributed by atoms with Crippen LogP contribution in [0.15, 0.2) is 36.7 Å². The monoisotopic (exact) mass is 346 g/mol. The molecule has 1 N–H and O–H groups in total. The first-order valence-corrected chi connectivity index (χ1v) is 8.49. The van der Waals surface area contributed by atoms with E-state index in [1.54, 1.807) is 12.4 Å². The Morgan fingerprint density at radius 1 is 1.38 bits per heavy atom. The fourth-order valence-corrected chi connectivity index (χ4v) is 3.54. The van der Waals surface area contributed by atoms with E-state index in [1.807, 2.05) is 27.8 Å². The Kier molecular flexibility index (Phi) is 4.16. The predicted molar refractivity (Wildman–Crippen MR) is 89.8 cm³/mol. The van der Waals surface area contributed by atoms with E-state index >= 15 is 0 Å². The number of hydrogen-bond acceptors (Lipinski definition) is 3. The van der Waals surface area contributed by atoms with Crippen molar-refractivity contribution in [3.63, 3.8) is 0 Å². The van der Waals surface area contributed by atoms with Crippen LogP contribution in [0.25, 0.3) is 0 Å². The number of carbonyl (C=O) groups excluding carboxylic acids is 1. The van der Waals surface area contributed by atoms with Crippen LogP contribution in [0.5, 0.6) is 0 Å². The predicted octanol–water partition coefficient (Wildman–Crippen LogP) is 2.76. The lowest BCUT2D eigenvalue weighted by Crippen LogP contribution is -2.42. The largest absolute Gasteiger partial charge is 0.374 e. The Labute approximate surface area is 145 Å². The maximum atomic E-state index is 12.6. The number of ether oxygens (including phenoxy) is 1. The summed E-state index contributed by atoms with van der Waals surface area (Å²) in [5.41, 5.74) is 2.28. The van der Waals surface area contributed by atoms with Gasteiger partial charge in [-0.05, 0) is 17.5 Å². The van der Waals surface area contributed by atoms with Crippen molar-refractivity contribution < 1.29 is 9.53 Å². The second-order valence-corrected chi connectivity index (χ2v) is 6.68. The molecular formula is C17H19ClN4O2. The summed E-state index contributed by atoms with van der Waals surface area (Å²) < 4.78 is 7.45. The number of amides is 2. The number of carbonyl (C=O) groups is 1. The number of fused-ring (bicyclic) bond motifs is 1. The van der Waals surface area contributed by atoms with Crippen molar-refractivity contribution >= 4 is 17.6 Å². The van der Waals surface area contributed by atoms with Crippen molar-refractivity contribution in [3.05, 3.63) is 52.8 Å². The van der Waals surface area contributed by atoms with E-state index in [2.05, 4.69) is 16.5 Å². The topological polar surface area (TPSA) is 59.4 Å². The summed E-state index contributed by atoms with van der Waals surface area (Å²) in [6, 6.07) is 8.12. The van der Waals surface area contributed by atoms with Crippen molar-refractivity contribution in [2.24, 2.45) is 0 Å². The minimum atomic E-state index is -0.0966. The number of urea groups is 1. The lowest BCUT2D eigenvalue weighted by molar-refractivity contribution is 0.0823. The van der Waals surface area contributed by atoms with Crippen molar-refractivity contribution in [1.82, 2.24) is 20.0 Å². The Hall–Kier alpha value is -2.05. The average molecular weight is 347 g/mol. The van der Waals surface area contributed by atoms with Gasteiger partial charge >= 0.3 is 6.03 Å². The van der Waals surface area contributed by atoms with Gasteiger partial charge in [0.2, 0.25) is 0 Å². The van der Waals surface area contributed by atoms with Crippen LogP contribution in [0.2, 0.25) is 5.02 Å². The Balaban J connectivity index is 1.41. The number of halogens is 1. The van der Waals surface area contributed by atoms with Gasteiger partial charge in [-0.3, -0.25) is 4.68 Å². The van der Waals surface area contributed by atoms with Gasteiger partial charge in [-0.25, -0.2) is 4.79 Å². The zero-order chi connectivity index (χ0) is 16.5. The van der Waals surface area contributed by atoms with E-state index in [0.717, 1.165) is 17.5 Å². The molecule has 1 aromatic carbocycles. The van der Waals surface area contributed by atoms with Gasteiger partial charge in [-0.2, -0.15) is 5.10 Å². The summed E-state index contributed by atoms with van der Waals surface area (Å²) in [5.74, 6) is 0. The van der Waals surface area contributed by atoms with E-state index < -0.39 is 0 Å². The van der Waals surface area contributed by atoms with E-state index in [0.29, 0.717) is 31.3 Å². The van der Waals surface area contributed by atoms with Gasteiger partial charge in [0.15, 0.2) is 0 Å². The highest BCUT2D eigenvalue weighted by Gasteiger charge is 2.30. The second-order valence-electron chi connectivity index (χ2n) is 6.24. The van der Waals surface area contributed by atoms with Crippen LogP contribution in [0.4, 0.5) is 4.79 Å². The van der Waals surface area contributed by atoms with Gasteiger partial charge < -0.3 is 15.0 Å². The average Bonchev–Trinajstić information content (AvgIpc) is 3.24. The minimum absolute atomic E-state index is 0.0546. The van der Waals surface area contributed by atoms with Gasteiger partial charge in [-0.1, -0.05) is 35.9 Å². The van der Waals surface area contributed by atoms with Crippen molar-refractivity contribution in [1.29, 1.82) is 0 Å². The lowest BCUT2D eigenvalue weighted by atomic mass is 9.99. The number of nitrogens with one attached hydrogen (secondary N) is 1. The van der Waals surface area contributed by atoms with Crippen LogP contribution < -0.4 is 5.32 Å². The lowest BCUT2D eigenvalue weighted by Gasteiger charge is -2.28. The summed E-state index contributed by atoms with van der Waals surface area (Å²) in [6.45, 7) is 2.46. The van der Waals surface area contributed by atoms with Gasteiger partial charge in [-0.15, -0.1) is 0 Å². The molecule has 4 rings (SSSR count). The molecule has 2 aliphatic heterocycles. The summed E-state index contributed by atoms with van der Waals surface area (Å²) in [4.78, 5) is 14.4. The number of benzene rings is 1. The second kappa shape index (κ2) is 6.45. The summed E-state index contributed by atoms with van der Waals surface area (Å²) in [6.07, 6.45) is 4.31. The highest BCUT2D eigenvalue weighted by atomic mass is 35.5. The summed E-state index contributed by atoms with van der Waals surface area (Å²) in [5, 5.41) is 7.96. The van der Waals surface area contributed by atoms with Crippen LogP contribution >= 0.6 is 11.6 Å². The first-order valence-electron chi connectivity index (χ1n) is 8.11. The molecule has 0 spiro atoms. The third-order valence-corrected chi connectivity index (χ3v) is 4.86. The molecule has 0 radical (unpaired) electrons. The van der Waals surface area contributed by atoms with Crippen LogP contribution in [0, 0.1) is 0 Å². The summed E-state index contributed by atoms with van der Waals surface area (Å²) in [7, 11) is 0. The van der Waals surface area contributed by atoms with Crippen LogP contribution in [-0.4, -0.2) is 40.4 Å².